The summed E-state index contributed by atoms with van der Waals surface area (Å²) in [6.07, 6.45) is 5.63. The lowest BCUT2D eigenvalue weighted by Crippen LogP contribution is -2.43. The fourth-order valence-corrected chi connectivity index (χ4v) is 11.9. The molecule has 0 N–H and O–H groups in total. The van der Waals surface area contributed by atoms with Crippen LogP contribution in [0, 0.1) is 0 Å². The molecule has 2 aliphatic rings. The molecule has 5 heteroatoms. The molecule has 0 spiro atoms. The summed E-state index contributed by atoms with van der Waals surface area (Å²) in [5, 5.41) is 0. The molecule has 1 aliphatic heterocycles. The van der Waals surface area contributed by atoms with Crippen molar-refractivity contribution in [2.75, 3.05) is 27.2 Å². The molecule has 1 saturated heterocycles. The molecule has 2 atom stereocenters. The molecule has 2 rings (SSSR count). The van der Waals surface area contributed by atoms with Gasteiger partial charge >= 0.3 is 7.57 Å². The number of likely N-dealkylation sites (N-methyl/N-ethyl adjacent to an activating group) is 2. The summed E-state index contributed by atoms with van der Waals surface area (Å²) in [7, 11) is 8.88. The monoisotopic (exact) mass is 283 g/mol. The van der Waals surface area contributed by atoms with E-state index in [1.807, 2.05) is 0 Å². The van der Waals surface area contributed by atoms with Gasteiger partial charge in [0.25, 0.3) is 0 Å². The van der Waals surface area contributed by atoms with Gasteiger partial charge in [0.05, 0.1) is 21.2 Å². The largest absolute Gasteiger partial charge is 0.409 e. The normalized spacial score (nSPS) is 34.9. The van der Waals surface area contributed by atoms with Crippen molar-refractivity contribution in [1.29, 1.82) is 0 Å². The van der Waals surface area contributed by atoms with Crippen molar-refractivity contribution in [1.82, 2.24) is 9.34 Å². The second-order valence-electron chi connectivity index (χ2n) is 7.29. The first-order chi connectivity index (χ1) is 8.28. The Morgan fingerprint density at radius 2 is 1.50 bits per heavy atom. The molecule has 2 unspecified atom stereocenters. The van der Waals surface area contributed by atoms with Crippen molar-refractivity contribution >= 4 is 23.1 Å². The fraction of sp³-hybridized carbons (Fsp3) is 1.00. The van der Waals surface area contributed by atoms with Gasteiger partial charge in [-0.15, -0.1) is 0 Å². The van der Waals surface area contributed by atoms with Crippen LogP contribution in [0.15, 0.2) is 0 Å². The summed E-state index contributed by atoms with van der Waals surface area (Å²) in [5.74, 6) is 0. The predicted molar refractivity (Wildman–Crippen MR) is 87.3 cm³/mol. The first kappa shape index (κ1) is 15.0. The van der Waals surface area contributed by atoms with Crippen LogP contribution in [0.2, 0.25) is 25.2 Å². The van der Waals surface area contributed by atoms with Gasteiger partial charge in [-0.2, -0.15) is 9.34 Å². The van der Waals surface area contributed by atoms with Crippen LogP contribution in [0.3, 0.4) is 0 Å². The summed E-state index contributed by atoms with van der Waals surface area (Å²) >= 11 is 0. The van der Waals surface area contributed by atoms with Crippen LogP contribution >= 0.6 is 7.44 Å². The molecule has 0 aromatic carbocycles. The minimum atomic E-state index is -1.53. The van der Waals surface area contributed by atoms with Gasteiger partial charge in [-0.25, -0.2) is 0 Å². The smallest absolute Gasteiger partial charge is 0.182 e. The van der Waals surface area contributed by atoms with Gasteiger partial charge in [-0.3, -0.25) is 0 Å². The molecule has 0 aromatic heterocycles. The van der Waals surface area contributed by atoms with E-state index in [-0.39, 0.29) is 0 Å². The van der Waals surface area contributed by atoms with Crippen LogP contribution in [-0.2, 0) is 0 Å². The van der Waals surface area contributed by atoms with E-state index < -0.39 is 15.5 Å². The molecule has 0 aromatic rings. The van der Waals surface area contributed by atoms with Crippen LogP contribution in [-0.4, -0.2) is 57.8 Å². The maximum absolute atomic E-state index is 6.99. The summed E-state index contributed by atoms with van der Waals surface area (Å²) in [4.78, 5) is 0. The highest BCUT2D eigenvalue weighted by atomic mass is 31.2. The second kappa shape index (κ2) is 5.20. The summed E-state index contributed by atoms with van der Waals surface area (Å²) in [6.45, 7) is 9.94. The number of hydrogen-bond acceptors (Lipinski definition) is 2. The lowest BCUT2D eigenvalue weighted by molar-refractivity contribution is 0.475. The Bertz CT molecular complexity index is 298. The van der Waals surface area contributed by atoms with Gasteiger partial charge < -0.3 is 0 Å². The highest BCUT2D eigenvalue weighted by Gasteiger charge is 2.57. The van der Waals surface area contributed by atoms with Crippen LogP contribution in [0.25, 0.3) is 0 Å². The van der Waals surface area contributed by atoms with E-state index in [4.69, 9.17) is 7.57 Å². The Labute approximate surface area is 116 Å². The lowest BCUT2D eigenvalue weighted by Gasteiger charge is -2.46. The van der Waals surface area contributed by atoms with Crippen LogP contribution in [0.1, 0.15) is 25.7 Å². The zero-order valence-corrected chi connectivity index (χ0v) is 14.7. The SMILES string of the molecule is [B][P+]1(C2CCCCC2[Si](C)(C)C)N(C)CCN1C. The van der Waals surface area contributed by atoms with Crippen LogP contribution in [0.4, 0.5) is 0 Å². The maximum atomic E-state index is 6.99. The molecule has 2 fully saturated rings. The second-order valence-corrected chi connectivity index (χ2v) is 16.2. The van der Waals surface area contributed by atoms with E-state index in [1.54, 1.807) is 0 Å². The minimum absolute atomic E-state index is 0.774. The van der Waals surface area contributed by atoms with Gasteiger partial charge in [-0.05, 0) is 24.8 Å². The summed E-state index contributed by atoms with van der Waals surface area (Å²) in [6, 6.07) is 0. The van der Waals surface area contributed by atoms with Gasteiger partial charge in [-0.1, -0.05) is 26.1 Å². The minimum Gasteiger partial charge on any atom is -0.182 e. The molecule has 1 aliphatic carbocycles. The van der Waals surface area contributed by atoms with E-state index in [1.165, 1.54) is 25.7 Å². The molecule has 1 heterocycles. The first-order valence-corrected chi connectivity index (χ1v) is 12.8. The molecule has 102 valence electrons. The zero-order valence-electron chi connectivity index (χ0n) is 12.8. The molecular formula is C13H29BN2PSi+. The van der Waals surface area contributed by atoms with Crippen LogP contribution < -0.4 is 0 Å². The third-order valence-electron chi connectivity index (χ3n) is 5.17. The third kappa shape index (κ3) is 2.46. The Balaban J connectivity index is 2.28. The standard InChI is InChI=1S/C13H29BN2PSi/c1-15-10-11-16(2)17(15,14)12-8-6-7-9-13(12)18(3,4)5/h12-13H,6-11H2,1-5H3/q+1. The Morgan fingerprint density at radius 3 is 2.00 bits per heavy atom. The molecule has 0 amide bonds. The van der Waals surface area contributed by atoms with Crippen LogP contribution in [0.5, 0.6) is 0 Å². The predicted octanol–water partition coefficient (Wildman–Crippen LogP) is 3.45. The van der Waals surface area contributed by atoms with E-state index in [9.17, 15) is 0 Å². The highest BCUT2D eigenvalue weighted by Crippen LogP contribution is 2.71. The zero-order chi connectivity index (χ0) is 13.6. The van der Waals surface area contributed by atoms with Gasteiger partial charge in [0.2, 0.25) is 0 Å². The first-order valence-electron chi connectivity index (χ1n) is 7.38. The van der Waals surface area contributed by atoms with E-state index in [0.717, 1.165) is 24.3 Å². The van der Waals surface area contributed by atoms with Crippen molar-refractivity contribution in [3.8, 4) is 0 Å². The Hall–Kier alpha value is 0.632. The number of nitrogens with zero attached hydrogens (tertiary/aromatic N) is 2. The Morgan fingerprint density at radius 1 is 1.00 bits per heavy atom. The summed E-state index contributed by atoms with van der Waals surface area (Å²) < 4.78 is 5.02. The van der Waals surface area contributed by atoms with Crippen molar-refractivity contribution in [2.45, 2.75) is 56.5 Å². The van der Waals surface area contributed by atoms with E-state index >= 15 is 0 Å². The van der Waals surface area contributed by atoms with Crippen molar-refractivity contribution in [3.05, 3.63) is 0 Å². The average molecular weight is 283 g/mol. The van der Waals surface area contributed by atoms with E-state index in [0.29, 0.717) is 0 Å². The maximum Gasteiger partial charge on any atom is 0.409 e. The van der Waals surface area contributed by atoms with E-state index in [2.05, 4.69) is 43.1 Å². The van der Waals surface area contributed by atoms with Gasteiger partial charge in [0, 0.05) is 27.2 Å². The highest BCUT2D eigenvalue weighted by molar-refractivity contribution is 7.94. The molecule has 1 saturated carbocycles. The van der Waals surface area contributed by atoms with Crippen molar-refractivity contribution in [2.24, 2.45) is 0 Å². The van der Waals surface area contributed by atoms with Crippen molar-refractivity contribution in [3.63, 3.8) is 0 Å². The molecular weight excluding hydrogens is 254 g/mol. The molecule has 0 bridgehead atoms. The summed E-state index contributed by atoms with van der Waals surface area (Å²) in [5.41, 5.74) is 1.70. The Kier molecular flexibility index (Phi) is 4.34. The topological polar surface area (TPSA) is 6.48 Å². The van der Waals surface area contributed by atoms with Crippen molar-refractivity contribution < 1.29 is 0 Å². The quantitative estimate of drug-likeness (QED) is 0.566. The lowest BCUT2D eigenvalue weighted by atomic mass is 9.99. The van der Waals surface area contributed by atoms with Gasteiger partial charge in [0.1, 0.15) is 0 Å². The average Bonchev–Trinajstić information content (AvgIpc) is 2.57. The number of rotatable bonds is 2. The number of hydrogen-bond donors (Lipinski definition) is 0. The third-order valence-corrected chi connectivity index (χ3v) is 12.5. The molecule has 2 nitrogen and oxygen atoms in total. The van der Waals surface area contributed by atoms with Gasteiger partial charge in [0.15, 0.2) is 0 Å². The molecule has 2 radical (unpaired) electrons. The fourth-order valence-electron chi connectivity index (χ4n) is 3.95. The molecule has 18 heavy (non-hydrogen) atoms.